The van der Waals surface area contributed by atoms with Crippen LogP contribution in [0, 0.1) is 0 Å². The second kappa shape index (κ2) is 5.20. The normalized spacial score (nSPS) is 10.5. The van der Waals surface area contributed by atoms with Crippen LogP contribution in [-0.2, 0) is 0 Å². The molecule has 0 aliphatic carbocycles. The molecule has 0 bridgehead atoms. The highest BCUT2D eigenvalue weighted by Gasteiger charge is 2.14. The average Bonchev–Trinajstić information content (AvgIpc) is 2.91. The summed E-state index contributed by atoms with van der Waals surface area (Å²) in [6.07, 6.45) is 0. The number of carbonyl (C=O) groups excluding carboxylic acids is 1. The average molecular weight is 282 g/mol. The summed E-state index contributed by atoms with van der Waals surface area (Å²) in [5.74, 6) is 0.421. The van der Waals surface area contributed by atoms with Crippen molar-refractivity contribution in [3.05, 3.63) is 54.3 Å². The first-order chi connectivity index (χ1) is 10.2. The molecule has 5 heteroatoms. The number of furan rings is 1. The number of benzene rings is 2. The van der Waals surface area contributed by atoms with E-state index in [4.69, 9.17) is 14.9 Å². The third-order valence-corrected chi connectivity index (χ3v) is 3.12. The Hall–Kier alpha value is -2.95. The molecule has 106 valence electrons. The molecule has 0 saturated heterocycles. The predicted molar refractivity (Wildman–Crippen MR) is 81.6 cm³/mol. The Bertz CT molecular complexity index is 775. The summed E-state index contributed by atoms with van der Waals surface area (Å²) < 4.78 is 10.7. The van der Waals surface area contributed by atoms with Crippen LogP contribution in [0.5, 0.6) is 5.75 Å². The maximum atomic E-state index is 12.3. The van der Waals surface area contributed by atoms with Gasteiger partial charge >= 0.3 is 0 Å². The molecule has 3 N–H and O–H groups in total. The Morgan fingerprint density at radius 1 is 1.19 bits per heavy atom. The number of carbonyl (C=O) groups is 1. The molecule has 1 aromatic heterocycles. The highest BCUT2D eigenvalue weighted by molar-refractivity contribution is 6.05. The lowest BCUT2D eigenvalue weighted by atomic mass is 10.2. The second-order valence-corrected chi connectivity index (χ2v) is 4.56. The number of hydrogen-bond acceptors (Lipinski definition) is 4. The summed E-state index contributed by atoms with van der Waals surface area (Å²) >= 11 is 0. The Kier molecular flexibility index (Phi) is 3.23. The Labute approximate surface area is 121 Å². The van der Waals surface area contributed by atoms with Crippen LogP contribution in [0.4, 0.5) is 11.4 Å². The Morgan fingerprint density at radius 3 is 2.76 bits per heavy atom. The van der Waals surface area contributed by atoms with Crippen molar-refractivity contribution >= 4 is 28.3 Å². The van der Waals surface area contributed by atoms with Gasteiger partial charge in [-0.25, -0.2) is 0 Å². The number of para-hydroxylation sites is 1. The van der Waals surface area contributed by atoms with Crippen molar-refractivity contribution in [2.45, 2.75) is 0 Å². The second-order valence-electron chi connectivity index (χ2n) is 4.56. The van der Waals surface area contributed by atoms with E-state index >= 15 is 0 Å². The SMILES string of the molecule is COc1ccc(N)cc1NC(=O)c1cc2ccccc2o1. The molecule has 0 saturated carbocycles. The molecule has 0 spiro atoms. The zero-order chi connectivity index (χ0) is 14.8. The van der Waals surface area contributed by atoms with Crippen LogP contribution < -0.4 is 15.8 Å². The summed E-state index contributed by atoms with van der Waals surface area (Å²) in [6.45, 7) is 0. The number of hydrogen-bond donors (Lipinski definition) is 2. The van der Waals surface area contributed by atoms with Crippen LogP contribution in [0.2, 0.25) is 0 Å². The largest absolute Gasteiger partial charge is 0.495 e. The topological polar surface area (TPSA) is 77.5 Å². The van der Waals surface area contributed by atoms with E-state index in [-0.39, 0.29) is 11.7 Å². The fourth-order valence-electron chi connectivity index (χ4n) is 2.10. The van der Waals surface area contributed by atoms with E-state index in [0.29, 0.717) is 22.7 Å². The minimum Gasteiger partial charge on any atom is -0.495 e. The minimum absolute atomic E-state index is 0.237. The molecule has 1 amide bonds. The van der Waals surface area contributed by atoms with Crippen molar-refractivity contribution in [2.75, 3.05) is 18.2 Å². The number of rotatable bonds is 3. The smallest absolute Gasteiger partial charge is 0.291 e. The van der Waals surface area contributed by atoms with Gasteiger partial charge in [0.05, 0.1) is 12.8 Å². The molecule has 2 aromatic carbocycles. The summed E-state index contributed by atoms with van der Waals surface area (Å²) in [6, 6.07) is 14.2. The zero-order valence-corrected chi connectivity index (χ0v) is 11.4. The van der Waals surface area contributed by atoms with Crippen LogP contribution in [-0.4, -0.2) is 13.0 Å². The molecule has 1 heterocycles. The molecule has 3 rings (SSSR count). The van der Waals surface area contributed by atoms with Crippen LogP contribution in [0.1, 0.15) is 10.6 Å². The number of methoxy groups -OCH3 is 1. The van der Waals surface area contributed by atoms with Crippen LogP contribution in [0.25, 0.3) is 11.0 Å². The Balaban J connectivity index is 1.91. The molecule has 5 nitrogen and oxygen atoms in total. The van der Waals surface area contributed by atoms with E-state index in [2.05, 4.69) is 5.32 Å². The van der Waals surface area contributed by atoms with E-state index in [0.717, 1.165) is 5.39 Å². The van der Waals surface area contributed by atoms with Crippen molar-refractivity contribution < 1.29 is 13.9 Å². The fourth-order valence-corrected chi connectivity index (χ4v) is 2.10. The van der Waals surface area contributed by atoms with Crippen molar-refractivity contribution in [3.63, 3.8) is 0 Å². The van der Waals surface area contributed by atoms with Gasteiger partial charge in [0.25, 0.3) is 5.91 Å². The number of nitrogens with two attached hydrogens (primary N) is 1. The van der Waals surface area contributed by atoms with Gasteiger partial charge in [0.1, 0.15) is 11.3 Å². The molecule has 21 heavy (non-hydrogen) atoms. The van der Waals surface area contributed by atoms with Crippen molar-refractivity contribution in [1.82, 2.24) is 0 Å². The van der Waals surface area contributed by atoms with Gasteiger partial charge in [-0.15, -0.1) is 0 Å². The summed E-state index contributed by atoms with van der Waals surface area (Å²) in [4.78, 5) is 12.3. The highest BCUT2D eigenvalue weighted by Crippen LogP contribution is 2.27. The fraction of sp³-hybridized carbons (Fsp3) is 0.0625. The standard InChI is InChI=1S/C16H14N2O3/c1-20-14-7-6-11(17)9-12(14)18-16(19)15-8-10-4-2-3-5-13(10)21-15/h2-9H,17H2,1H3,(H,18,19). The van der Waals surface area contributed by atoms with E-state index in [1.807, 2.05) is 24.3 Å². The van der Waals surface area contributed by atoms with Gasteiger partial charge in [-0.2, -0.15) is 0 Å². The monoisotopic (exact) mass is 282 g/mol. The van der Waals surface area contributed by atoms with E-state index < -0.39 is 0 Å². The number of fused-ring (bicyclic) bond motifs is 1. The third kappa shape index (κ3) is 2.53. The van der Waals surface area contributed by atoms with Gasteiger partial charge in [-0.1, -0.05) is 18.2 Å². The minimum atomic E-state index is -0.352. The van der Waals surface area contributed by atoms with Gasteiger partial charge in [0, 0.05) is 11.1 Å². The summed E-state index contributed by atoms with van der Waals surface area (Å²) in [5.41, 5.74) is 7.44. The predicted octanol–water partition coefficient (Wildman–Crippen LogP) is 3.28. The number of ether oxygens (including phenoxy) is 1. The molecule has 3 aromatic rings. The lowest BCUT2D eigenvalue weighted by Gasteiger charge is -2.09. The molecule has 0 radical (unpaired) electrons. The van der Waals surface area contributed by atoms with Gasteiger partial charge in [-0.3, -0.25) is 4.79 Å². The Morgan fingerprint density at radius 2 is 2.00 bits per heavy atom. The lowest BCUT2D eigenvalue weighted by Crippen LogP contribution is -2.12. The first kappa shape index (κ1) is 13.1. The first-order valence-electron chi connectivity index (χ1n) is 6.41. The summed E-state index contributed by atoms with van der Waals surface area (Å²) in [5, 5.41) is 3.62. The number of nitrogen functional groups attached to an aromatic ring is 1. The van der Waals surface area contributed by atoms with E-state index in [1.54, 1.807) is 24.3 Å². The molecule has 0 aliphatic rings. The van der Waals surface area contributed by atoms with E-state index in [1.165, 1.54) is 7.11 Å². The number of amides is 1. The zero-order valence-electron chi connectivity index (χ0n) is 11.4. The van der Waals surface area contributed by atoms with Crippen molar-refractivity contribution in [3.8, 4) is 5.75 Å². The molecule has 0 aliphatic heterocycles. The quantitative estimate of drug-likeness (QED) is 0.723. The highest BCUT2D eigenvalue weighted by atomic mass is 16.5. The van der Waals surface area contributed by atoms with Crippen molar-refractivity contribution in [2.24, 2.45) is 0 Å². The number of anilines is 2. The molecule has 0 fully saturated rings. The van der Waals surface area contributed by atoms with Gasteiger partial charge in [0.15, 0.2) is 5.76 Å². The molecule has 0 atom stereocenters. The maximum Gasteiger partial charge on any atom is 0.291 e. The van der Waals surface area contributed by atoms with Gasteiger partial charge in [0.2, 0.25) is 0 Å². The maximum absolute atomic E-state index is 12.3. The lowest BCUT2D eigenvalue weighted by molar-refractivity contribution is 0.0998. The summed E-state index contributed by atoms with van der Waals surface area (Å²) in [7, 11) is 1.53. The van der Waals surface area contributed by atoms with Gasteiger partial charge < -0.3 is 20.2 Å². The molecular weight excluding hydrogens is 268 g/mol. The van der Waals surface area contributed by atoms with E-state index in [9.17, 15) is 4.79 Å². The van der Waals surface area contributed by atoms with Crippen LogP contribution >= 0.6 is 0 Å². The van der Waals surface area contributed by atoms with Gasteiger partial charge in [-0.05, 0) is 30.3 Å². The number of nitrogens with one attached hydrogen (secondary N) is 1. The molecule has 0 unspecified atom stereocenters. The third-order valence-electron chi connectivity index (χ3n) is 3.12. The van der Waals surface area contributed by atoms with Crippen molar-refractivity contribution in [1.29, 1.82) is 0 Å². The van der Waals surface area contributed by atoms with Crippen LogP contribution in [0.15, 0.2) is 52.9 Å². The van der Waals surface area contributed by atoms with Crippen LogP contribution in [0.3, 0.4) is 0 Å². The molecular formula is C16H14N2O3. The first-order valence-corrected chi connectivity index (χ1v) is 6.41.